The molecule has 4 heteroatoms. The minimum atomic E-state index is 0.580. The second-order valence-electron chi connectivity index (χ2n) is 6.86. The maximum Gasteiger partial charge on any atom is 0.160 e. The summed E-state index contributed by atoms with van der Waals surface area (Å²) in [6.45, 7) is 5.78. The Kier molecular flexibility index (Phi) is 3.87. The van der Waals surface area contributed by atoms with Gasteiger partial charge in [0.25, 0.3) is 0 Å². The van der Waals surface area contributed by atoms with Crippen molar-refractivity contribution < 1.29 is 0 Å². The molecule has 2 aromatic heterocycles. The summed E-state index contributed by atoms with van der Waals surface area (Å²) in [5.41, 5.74) is 2.19. The number of hydrogen-bond donors (Lipinski definition) is 0. The highest BCUT2D eigenvalue weighted by Crippen LogP contribution is 2.36. The molecule has 1 saturated carbocycles. The molecule has 2 fully saturated rings. The largest absolute Gasteiger partial charge is 0.309 e. The van der Waals surface area contributed by atoms with Crippen LogP contribution in [0.15, 0.2) is 18.3 Å². The van der Waals surface area contributed by atoms with Crippen molar-refractivity contribution in [3.05, 3.63) is 24.2 Å². The Morgan fingerprint density at radius 3 is 2.82 bits per heavy atom. The molecule has 0 N–H and O–H groups in total. The van der Waals surface area contributed by atoms with Gasteiger partial charge in [-0.05, 0) is 44.5 Å². The number of aromatic nitrogens is 3. The van der Waals surface area contributed by atoms with Crippen LogP contribution in [0.3, 0.4) is 0 Å². The lowest BCUT2D eigenvalue weighted by atomic mass is 9.94. The summed E-state index contributed by atoms with van der Waals surface area (Å²) in [4.78, 5) is 12.2. The Morgan fingerprint density at radius 2 is 2.05 bits per heavy atom. The van der Waals surface area contributed by atoms with Gasteiger partial charge in [-0.2, -0.15) is 0 Å². The molecule has 1 saturated heterocycles. The van der Waals surface area contributed by atoms with E-state index in [9.17, 15) is 0 Å². The molecule has 0 spiro atoms. The van der Waals surface area contributed by atoms with Gasteiger partial charge in [-0.1, -0.05) is 26.2 Å². The van der Waals surface area contributed by atoms with E-state index in [1.54, 1.807) is 0 Å². The van der Waals surface area contributed by atoms with Gasteiger partial charge in [0.2, 0.25) is 0 Å². The minimum Gasteiger partial charge on any atom is -0.309 e. The van der Waals surface area contributed by atoms with Gasteiger partial charge < -0.3 is 9.47 Å². The van der Waals surface area contributed by atoms with Crippen LogP contribution in [-0.4, -0.2) is 39.1 Å². The molecule has 2 aromatic rings. The van der Waals surface area contributed by atoms with E-state index in [4.69, 9.17) is 4.98 Å². The van der Waals surface area contributed by atoms with Crippen LogP contribution in [0, 0.1) is 0 Å². The number of likely N-dealkylation sites (tertiary alicyclic amines) is 1. The van der Waals surface area contributed by atoms with Gasteiger partial charge in [-0.15, -0.1) is 0 Å². The number of pyridine rings is 1. The first-order valence-electron chi connectivity index (χ1n) is 8.92. The summed E-state index contributed by atoms with van der Waals surface area (Å²) < 4.78 is 2.51. The van der Waals surface area contributed by atoms with E-state index in [0.29, 0.717) is 12.0 Å². The van der Waals surface area contributed by atoms with Crippen LogP contribution in [-0.2, 0) is 0 Å². The Bertz CT molecular complexity index is 642. The summed E-state index contributed by atoms with van der Waals surface area (Å²) in [7, 11) is 0. The van der Waals surface area contributed by atoms with Gasteiger partial charge in [0.1, 0.15) is 11.3 Å². The first-order valence-corrected chi connectivity index (χ1v) is 8.92. The monoisotopic (exact) mass is 298 g/mol. The van der Waals surface area contributed by atoms with E-state index >= 15 is 0 Å². The third-order valence-corrected chi connectivity index (χ3v) is 5.50. The van der Waals surface area contributed by atoms with Crippen LogP contribution in [0.4, 0.5) is 0 Å². The number of fused-ring (bicyclic) bond motifs is 1. The fraction of sp³-hybridized carbons (Fsp3) is 0.667. The smallest absolute Gasteiger partial charge is 0.160 e. The van der Waals surface area contributed by atoms with Crippen LogP contribution in [0.25, 0.3) is 11.2 Å². The van der Waals surface area contributed by atoms with Crippen molar-refractivity contribution in [3.8, 4) is 0 Å². The predicted molar refractivity (Wildman–Crippen MR) is 89.1 cm³/mol. The molecule has 0 aromatic carbocycles. The van der Waals surface area contributed by atoms with Gasteiger partial charge in [-0.25, -0.2) is 9.97 Å². The Morgan fingerprint density at radius 1 is 1.18 bits per heavy atom. The van der Waals surface area contributed by atoms with Gasteiger partial charge in [-0.3, -0.25) is 0 Å². The van der Waals surface area contributed by atoms with Crippen molar-refractivity contribution in [2.24, 2.45) is 0 Å². The molecule has 3 heterocycles. The summed E-state index contributed by atoms with van der Waals surface area (Å²) in [5, 5.41) is 0. The van der Waals surface area contributed by atoms with E-state index < -0.39 is 0 Å². The highest BCUT2D eigenvalue weighted by molar-refractivity contribution is 5.71. The normalized spacial score (nSPS) is 24.3. The molecular weight excluding hydrogens is 272 g/mol. The average Bonchev–Trinajstić information content (AvgIpc) is 3.19. The maximum absolute atomic E-state index is 5.01. The molecule has 4 nitrogen and oxygen atoms in total. The van der Waals surface area contributed by atoms with E-state index in [-0.39, 0.29) is 0 Å². The van der Waals surface area contributed by atoms with Crippen molar-refractivity contribution in [1.29, 1.82) is 0 Å². The Hall–Kier alpha value is -1.42. The number of likely N-dealkylation sites (N-methyl/N-ethyl adjacent to an activating group) is 1. The van der Waals surface area contributed by atoms with E-state index in [0.717, 1.165) is 24.3 Å². The minimum absolute atomic E-state index is 0.580. The van der Waals surface area contributed by atoms with Crippen molar-refractivity contribution in [1.82, 2.24) is 19.4 Å². The lowest BCUT2D eigenvalue weighted by molar-refractivity contribution is 0.334. The topological polar surface area (TPSA) is 34.0 Å². The Balaban J connectivity index is 1.76. The maximum atomic E-state index is 5.01. The molecule has 2 aliphatic rings. The second-order valence-corrected chi connectivity index (χ2v) is 6.86. The lowest BCUT2D eigenvalue weighted by Crippen LogP contribution is -2.22. The van der Waals surface area contributed by atoms with Gasteiger partial charge in [0.05, 0.1) is 0 Å². The van der Waals surface area contributed by atoms with E-state index in [1.807, 2.05) is 12.3 Å². The molecule has 1 aliphatic carbocycles. The second kappa shape index (κ2) is 5.99. The zero-order valence-electron chi connectivity index (χ0n) is 13.5. The zero-order chi connectivity index (χ0) is 14.9. The van der Waals surface area contributed by atoms with Crippen LogP contribution in [0.2, 0.25) is 0 Å². The fourth-order valence-corrected chi connectivity index (χ4v) is 4.26. The molecule has 22 heavy (non-hydrogen) atoms. The van der Waals surface area contributed by atoms with Crippen molar-refractivity contribution in [3.63, 3.8) is 0 Å². The molecule has 4 rings (SSSR count). The lowest BCUT2D eigenvalue weighted by Gasteiger charge is -2.26. The summed E-state index contributed by atoms with van der Waals surface area (Å²) in [6.07, 6.45) is 9.83. The number of hydrogen-bond acceptors (Lipinski definition) is 3. The summed E-state index contributed by atoms with van der Waals surface area (Å²) >= 11 is 0. The van der Waals surface area contributed by atoms with Crippen molar-refractivity contribution in [2.75, 3.05) is 19.6 Å². The molecule has 1 aliphatic heterocycles. The number of rotatable bonds is 3. The predicted octanol–water partition coefficient (Wildman–Crippen LogP) is 3.75. The molecule has 0 bridgehead atoms. The van der Waals surface area contributed by atoms with Crippen molar-refractivity contribution in [2.45, 2.75) is 57.4 Å². The van der Waals surface area contributed by atoms with Crippen LogP contribution in [0.5, 0.6) is 0 Å². The van der Waals surface area contributed by atoms with Gasteiger partial charge in [0.15, 0.2) is 5.65 Å². The van der Waals surface area contributed by atoms with Gasteiger partial charge >= 0.3 is 0 Å². The quantitative estimate of drug-likeness (QED) is 0.865. The van der Waals surface area contributed by atoms with E-state index in [2.05, 4.69) is 27.4 Å². The van der Waals surface area contributed by atoms with E-state index in [1.165, 1.54) is 50.9 Å². The highest BCUT2D eigenvalue weighted by atomic mass is 15.2. The third-order valence-electron chi connectivity index (χ3n) is 5.50. The molecule has 118 valence electrons. The van der Waals surface area contributed by atoms with Crippen LogP contribution < -0.4 is 0 Å². The standard InChI is InChI=1S/C18H26N4/c1-2-21-12-10-14(13-21)17-20-16-9-6-11-19-18(16)22(17)15-7-4-3-5-8-15/h6,9,11,14-15H,2-5,7-8,10,12-13H2,1H3. The third kappa shape index (κ3) is 2.43. The molecule has 0 amide bonds. The first-order chi connectivity index (χ1) is 10.9. The molecule has 1 unspecified atom stereocenters. The molecule has 0 radical (unpaired) electrons. The molecule has 1 atom stereocenters. The Labute approximate surface area is 132 Å². The van der Waals surface area contributed by atoms with Crippen LogP contribution in [0.1, 0.15) is 63.2 Å². The SMILES string of the molecule is CCN1CCC(c2nc3cccnc3n2C2CCCCC2)C1. The number of nitrogens with zero attached hydrogens (tertiary/aromatic N) is 4. The summed E-state index contributed by atoms with van der Waals surface area (Å²) in [6, 6.07) is 4.74. The van der Waals surface area contributed by atoms with Crippen molar-refractivity contribution >= 4 is 11.2 Å². The average molecular weight is 298 g/mol. The number of imidazole rings is 1. The van der Waals surface area contributed by atoms with Crippen LogP contribution >= 0.6 is 0 Å². The molecular formula is C18H26N4. The summed E-state index contributed by atoms with van der Waals surface area (Å²) in [5.74, 6) is 1.88. The highest BCUT2D eigenvalue weighted by Gasteiger charge is 2.30. The first kappa shape index (κ1) is 14.2. The van der Waals surface area contributed by atoms with Gasteiger partial charge in [0, 0.05) is 24.7 Å². The zero-order valence-corrected chi connectivity index (χ0v) is 13.5. The fourth-order valence-electron chi connectivity index (χ4n) is 4.26.